The van der Waals surface area contributed by atoms with Crippen molar-refractivity contribution in [2.45, 2.75) is 25.3 Å². The molecule has 1 fully saturated rings. The van der Waals surface area contributed by atoms with Crippen LogP contribution in [-0.4, -0.2) is 38.6 Å². The molecule has 1 aliphatic rings. The fourth-order valence-corrected chi connectivity index (χ4v) is 3.25. The molecule has 0 bridgehead atoms. The van der Waals surface area contributed by atoms with E-state index in [4.69, 9.17) is 9.47 Å². The Bertz CT molecular complexity index is 807. The predicted molar refractivity (Wildman–Crippen MR) is 103 cm³/mol. The minimum atomic E-state index is -0.186. The molecule has 27 heavy (non-hydrogen) atoms. The van der Waals surface area contributed by atoms with E-state index in [-0.39, 0.29) is 17.9 Å². The number of methoxy groups -OCH3 is 2. The lowest BCUT2D eigenvalue weighted by atomic mass is 10.1. The van der Waals surface area contributed by atoms with Crippen molar-refractivity contribution in [3.05, 3.63) is 54.1 Å². The van der Waals surface area contributed by atoms with Crippen LogP contribution in [0.25, 0.3) is 0 Å². The van der Waals surface area contributed by atoms with Gasteiger partial charge in [-0.15, -0.1) is 0 Å². The Balaban J connectivity index is 1.58. The summed E-state index contributed by atoms with van der Waals surface area (Å²) >= 11 is 0. The molecule has 0 unspecified atom stereocenters. The zero-order chi connectivity index (χ0) is 19.2. The number of nitrogens with zero attached hydrogens (tertiary/aromatic N) is 1. The molecule has 1 aliphatic heterocycles. The van der Waals surface area contributed by atoms with E-state index >= 15 is 0 Å². The number of nitrogens with one attached hydrogen (secondary N) is 1. The smallest absolute Gasteiger partial charge is 0.229 e. The highest BCUT2D eigenvalue weighted by molar-refractivity contribution is 5.97. The molecular formula is C21H24N2O4. The molecule has 0 radical (unpaired) electrons. The van der Waals surface area contributed by atoms with Gasteiger partial charge in [-0.05, 0) is 24.1 Å². The van der Waals surface area contributed by atoms with E-state index in [1.54, 1.807) is 31.3 Å². The van der Waals surface area contributed by atoms with E-state index < -0.39 is 0 Å². The van der Waals surface area contributed by atoms with E-state index in [0.29, 0.717) is 37.3 Å². The molecule has 1 heterocycles. The molecule has 0 aromatic heterocycles. The summed E-state index contributed by atoms with van der Waals surface area (Å²) in [4.78, 5) is 26.3. The Hall–Kier alpha value is -3.02. The second-order valence-electron chi connectivity index (χ2n) is 6.50. The molecule has 1 atom stereocenters. The van der Waals surface area contributed by atoms with E-state index in [0.717, 1.165) is 11.3 Å². The van der Waals surface area contributed by atoms with Gasteiger partial charge in [-0.25, -0.2) is 0 Å². The maximum Gasteiger partial charge on any atom is 0.229 e. The Labute approximate surface area is 159 Å². The number of hydrogen-bond donors (Lipinski definition) is 1. The Kier molecular flexibility index (Phi) is 5.96. The molecule has 142 valence electrons. The number of benzene rings is 2. The standard InChI is InChI=1S/C21H24N2O4/c1-26-18-10-9-17(13-19(18)27-2)23-14-16(12-21(23)25)22-20(24)11-8-15-6-4-3-5-7-15/h3-7,9-10,13,16H,8,11-12,14H2,1-2H3,(H,22,24)/t16-/m0/s1. The number of rotatable bonds is 7. The molecular weight excluding hydrogens is 344 g/mol. The first kappa shape index (κ1) is 18.8. The minimum Gasteiger partial charge on any atom is -0.493 e. The van der Waals surface area contributed by atoms with Crippen LogP contribution in [0.15, 0.2) is 48.5 Å². The summed E-state index contributed by atoms with van der Waals surface area (Å²) in [7, 11) is 3.13. The summed E-state index contributed by atoms with van der Waals surface area (Å²) in [6.07, 6.45) is 1.39. The van der Waals surface area contributed by atoms with Crippen molar-refractivity contribution in [1.29, 1.82) is 0 Å². The number of amides is 2. The van der Waals surface area contributed by atoms with Crippen LogP contribution in [0, 0.1) is 0 Å². The number of ether oxygens (including phenoxy) is 2. The second kappa shape index (κ2) is 8.58. The lowest BCUT2D eigenvalue weighted by Gasteiger charge is -2.19. The molecule has 3 rings (SSSR count). The highest BCUT2D eigenvalue weighted by Crippen LogP contribution is 2.33. The van der Waals surface area contributed by atoms with Crippen LogP contribution in [-0.2, 0) is 16.0 Å². The van der Waals surface area contributed by atoms with E-state index in [9.17, 15) is 9.59 Å². The van der Waals surface area contributed by atoms with E-state index in [1.807, 2.05) is 36.4 Å². The first-order chi connectivity index (χ1) is 13.1. The number of carbonyl (C=O) groups excluding carboxylic acids is 2. The van der Waals surface area contributed by atoms with Crippen molar-refractivity contribution in [1.82, 2.24) is 5.32 Å². The molecule has 0 aliphatic carbocycles. The van der Waals surface area contributed by atoms with Gasteiger partial charge in [0.2, 0.25) is 11.8 Å². The van der Waals surface area contributed by atoms with Gasteiger partial charge in [0.05, 0.1) is 20.3 Å². The van der Waals surface area contributed by atoms with Gasteiger partial charge < -0.3 is 19.7 Å². The summed E-state index contributed by atoms with van der Waals surface area (Å²) in [6, 6.07) is 15.1. The summed E-state index contributed by atoms with van der Waals surface area (Å²) in [6.45, 7) is 0.450. The van der Waals surface area contributed by atoms with Gasteiger partial charge in [0.15, 0.2) is 11.5 Å². The summed E-state index contributed by atoms with van der Waals surface area (Å²) in [5.41, 5.74) is 1.86. The van der Waals surface area contributed by atoms with Gasteiger partial charge in [0, 0.05) is 31.1 Å². The normalized spacial score (nSPS) is 16.3. The molecule has 6 heteroatoms. The van der Waals surface area contributed by atoms with Crippen LogP contribution in [0.4, 0.5) is 5.69 Å². The van der Waals surface area contributed by atoms with Crippen LogP contribution in [0.2, 0.25) is 0 Å². The first-order valence-electron chi connectivity index (χ1n) is 8.96. The summed E-state index contributed by atoms with van der Waals surface area (Å²) < 4.78 is 10.5. The van der Waals surface area contributed by atoms with Gasteiger partial charge >= 0.3 is 0 Å². The maximum atomic E-state index is 12.4. The van der Waals surface area contributed by atoms with E-state index in [1.165, 1.54) is 0 Å². The molecule has 0 saturated carbocycles. The molecule has 0 spiro atoms. The fourth-order valence-electron chi connectivity index (χ4n) is 3.25. The largest absolute Gasteiger partial charge is 0.493 e. The van der Waals surface area contributed by atoms with Crippen molar-refractivity contribution >= 4 is 17.5 Å². The third-order valence-electron chi connectivity index (χ3n) is 4.65. The molecule has 2 aromatic carbocycles. The van der Waals surface area contributed by atoms with Crippen molar-refractivity contribution in [3.8, 4) is 11.5 Å². The minimum absolute atomic E-state index is 0.0180. The Morgan fingerprint density at radius 2 is 1.85 bits per heavy atom. The highest BCUT2D eigenvalue weighted by atomic mass is 16.5. The Morgan fingerprint density at radius 3 is 2.56 bits per heavy atom. The Morgan fingerprint density at radius 1 is 1.11 bits per heavy atom. The molecule has 2 amide bonds. The summed E-state index contributed by atoms with van der Waals surface area (Å²) in [5, 5.41) is 2.97. The zero-order valence-electron chi connectivity index (χ0n) is 15.6. The number of carbonyl (C=O) groups is 2. The molecule has 6 nitrogen and oxygen atoms in total. The average molecular weight is 368 g/mol. The van der Waals surface area contributed by atoms with Crippen LogP contribution < -0.4 is 19.7 Å². The highest BCUT2D eigenvalue weighted by Gasteiger charge is 2.31. The second-order valence-corrected chi connectivity index (χ2v) is 6.50. The van der Waals surface area contributed by atoms with Crippen LogP contribution in [0.1, 0.15) is 18.4 Å². The maximum absolute atomic E-state index is 12.4. The third-order valence-corrected chi connectivity index (χ3v) is 4.65. The lowest BCUT2D eigenvalue weighted by Crippen LogP contribution is -2.37. The van der Waals surface area contributed by atoms with Crippen molar-refractivity contribution in [2.24, 2.45) is 0 Å². The van der Waals surface area contributed by atoms with Gasteiger partial charge in [0.1, 0.15) is 0 Å². The monoisotopic (exact) mass is 368 g/mol. The molecule has 1 N–H and O–H groups in total. The average Bonchev–Trinajstić information content (AvgIpc) is 3.06. The first-order valence-corrected chi connectivity index (χ1v) is 8.96. The predicted octanol–water partition coefficient (Wildman–Crippen LogP) is 2.56. The van der Waals surface area contributed by atoms with Crippen LogP contribution in [0.3, 0.4) is 0 Å². The van der Waals surface area contributed by atoms with Crippen molar-refractivity contribution < 1.29 is 19.1 Å². The van der Waals surface area contributed by atoms with Crippen molar-refractivity contribution in [2.75, 3.05) is 25.7 Å². The SMILES string of the molecule is COc1ccc(N2C[C@@H](NC(=O)CCc3ccccc3)CC2=O)cc1OC. The quantitative estimate of drug-likeness (QED) is 0.816. The van der Waals surface area contributed by atoms with Gasteiger partial charge in [0.25, 0.3) is 0 Å². The molecule has 1 saturated heterocycles. The number of aryl methyl sites for hydroxylation is 1. The van der Waals surface area contributed by atoms with Crippen molar-refractivity contribution in [3.63, 3.8) is 0 Å². The van der Waals surface area contributed by atoms with Crippen LogP contribution in [0.5, 0.6) is 11.5 Å². The topological polar surface area (TPSA) is 67.9 Å². The summed E-state index contributed by atoms with van der Waals surface area (Å²) in [5.74, 6) is 1.12. The lowest BCUT2D eigenvalue weighted by molar-refractivity contribution is -0.121. The van der Waals surface area contributed by atoms with E-state index in [2.05, 4.69) is 5.32 Å². The fraction of sp³-hybridized carbons (Fsp3) is 0.333. The third kappa shape index (κ3) is 4.58. The molecule has 2 aromatic rings. The van der Waals surface area contributed by atoms with Gasteiger partial charge in [-0.1, -0.05) is 30.3 Å². The van der Waals surface area contributed by atoms with Gasteiger partial charge in [-0.3, -0.25) is 9.59 Å². The van der Waals surface area contributed by atoms with Gasteiger partial charge in [-0.2, -0.15) is 0 Å². The van der Waals surface area contributed by atoms with Crippen LogP contribution >= 0.6 is 0 Å². The number of hydrogen-bond acceptors (Lipinski definition) is 4. The number of anilines is 1. The zero-order valence-corrected chi connectivity index (χ0v) is 15.6.